The average Bonchev–Trinajstić information content (AvgIpc) is 3.55. The van der Waals surface area contributed by atoms with E-state index >= 15 is 0 Å². The van der Waals surface area contributed by atoms with E-state index in [0.29, 0.717) is 12.1 Å². The summed E-state index contributed by atoms with van der Waals surface area (Å²) in [4.78, 5) is 15.3. The van der Waals surface area contributed by atoms with E-state index in [1.54, 1.807) is 48.7 Å². The zero-order valence-corrected chi connectivity index (χ0v) is 20.4. The fourth-order valence-electron chi connectivity index (χ4n) is 4.15. The summed E-state index contributed by atoms with van der Waals surface area (Å²) in [6, 6.07) is 15.9. The molecule has 3 aromatic rings. The number of carbonyl (C=O) groups is 1. The van der Waals surface area contributed by atoms with Crippen LogP contribution in [0.3, 0.4) is 0 Å². The number of likely N-dealkylation sites (tertiary alicyclic amines) is 1. The van der Waals surface area contributed by atoms with Gasteiger partial charge in [-0.25, -0.2) is 13.1 Å². The first kappa shape index (κ1) is 24.2. The first-order chi connectivity index (χ1) is 16.3. The lowest BCUT2D eigenvalue weighted by molar-refractivity contribution is 0.0933. The van der Waals surface area contributed by atoms with Gasteiger partial charge >= 0.3 is 0 Å². The zero-order valence-electron chi connectivity index (χ0n) is 19.6. The average molecular weight is 482 g/mol. The lowest BCUT2D eigenvalue weighted by Gasteiger charge is -2.26. The molecular formula is C26H31N3O4S. The Morgan fingerprint density at radius 1 is 1.03 bits per heavy atom. The molecule has 4 rings (SSSR count). The minimum absolute atomic E-state index is 0.0144. The van der Waals surface area contributed by atoms with Crippen molar-refractivity contribution in [1.29, 1.82) is 0 Å². The summed E-state index contributed by atoms with van der Waals surface area (Å²) in [6.45, 7) is 6.43. The number of amides is 1. The van der Waals surface area contributed by atoms with Gasteiger partial charge in [-0.1, -0.05) is 18.2 Å². The number of hydrogen-bond acceptors (Lipinski definition) is 5. The second kappa shape index (κ2) is 10.5. The normalized spacial score (nSPS) is 15.4. The monoisotopic (exact) mass is 481 g/mol. The van der Waals surface area contributed by atoms with Gasteiger partial charge < -0.3 is 9.73 Å². The predicted octanol–water partition coefficient (Wildman–Crippen LogP) is 3.94. The van der Waals surface area contributed by atoms with E-state index in [2.05, 4.69) is 14.9 Å². The lowest BCUT2D eigenvalue weighted by atomic mass is 10.1. The molecule has 7 nitrogen and oxygen atoms in total. The largest absolute Gasteiger partial charge is 0.468 e. The summed E-state index contributed by atoms with van der Waals surface area (Å²) in [5.41, 5.74) is 3.27. The number of benzene rings is 2. The second-order valence-electron chi connectivity index (χ2n) is 8.75. The quantitative estimate of drug-likeness (QED) is 0.483. The van der Waals surface area contributed by atoms with Gasteiger partial charge in [-0.15, -0.1) is 0 Å². The molecule has 0 aliphatic carbocycles. The van der Waals surface area contributed by atoms with E-state index in [0.717, 1.165) is 48.4 Å². The van der Waals surface area contributed by atoms with Crippen molar-refractivity contribution in [3.8, 4) is 0 Å². The molecule has 0 radical (unpaired) electrons. The molecule has 1 amide bonds. The first-order valence-corrected chi connectivity index (χ1v) is 13.0. The zero-order chi connectivity index (χ0) is 24.1. The molecule has 2 heterocycles. The summed E-state index contributed by atoms with van der Waals surface area (Å²) < 4.78 is 33.5. The third-order valence-electron chi connectivity index (χ3n) is 6.38. The van der Waals surface area contributed by atoms with Crippen molar-refractivity contribution in [1.82, 2.24) is 14.9 Å². The molecule has 1 saturated heterocycles. The molecule has 1 unspecified atom stereocenters. The van der Waals surface area contributed by atoms with Crippen molar-refractivity contribution in [3.05, 3.63) is 88.9 Å². The van der Waals surface area contributed by atoms with Gasteiger partial charge in [0.1, 0.15) is 5.76 Å². The maximum atomic E-state index is 12.7. The number of furan rings is 1. The highest BCUT2D eigenvalue weighted by molar-refractivity contribution is 7.89. The van der Waals surface area contributed by atoms with Crippen LogP contribution in [0.25, 0.3) is 0 Å². The maximum absolute atomic E-state index is 12.7. The van der Waals surface area contributed by atoms with Crippen LogP contribution < -0.4 is 10.0 Å². The van der Waals surface area contributed by atoms with Gasteiger partial charge in [0.2, 0.25) is 10.0 Å². The first-order valence-electron chi connectivity index (χ1n) is 11.5. The molecule has 1 aliphatic heterocycles. The molecule has 8 heteroatoms. The van der Waals surface area contributed by atoms with E-state index in [-0.39, 0.29) is 23.4 Å². The molecule has 1 atom stereocenters. The van der Waals surface area contributed by atoms with Crippen LogP contribution in [0.5, 0.6) is 0 Å². The highest BCUT2D eigenvalue weighted by atomic mass is 32.2. The fourth-order valence-corrected chi connectivity index (χ4v) is 5.25. The number of carbonyl (C=O) groups excluding carboxylic acids is 1. The Morgan fingerprint density at radius 2 is 1.76 bits per heavy atom. The van der Waals surface area contributed by atoms with Crippen molar-refractivity contribution in [2.75, 3.05) is 19.6 Å². The van der Waals surface area contributed by atoms with Crippen LogP contribution in [0.2, 0.25) is 0 Å². The van der Waals surface area contributed by atoms with Gasteiger partial charge in [0.25, 0.3) is 5.91 Å². The van der Waals surface area contributed by atoms with Crippen molar-refractivity contribution >= 4 is 15.9 Å². The third kappa shape index (κ3) is 5.75. The molecule has 2 N–H and O–H groups in total. The van der Waals surface area contributed by atoms with Gasteiger partial charge in [-0.3, -0.25) is 9.69 Å². The molecule has 0 saturated carbocycles. The van der Waals surface area contributed by atoms with E-state index in [9.17, 15) is 13.2 Å². The van der Waals surface area contributed by atoms with Gasteiger partial charge in [0.15, 0.2) is 0 Å². The van der Waals surface area contributed by atoms with Gasteiger partial charge in [-0.05, 0) is 92.9 Å². The number of rotatable bonds is 9. The highest BCUT2D eigenvalue weighted by Crippen LogP contribution is 2.25. The Kier molecular flexibility index (Phi) is 7.50. The summed E-state index contributed by atoms with van der Waals surface area (Å²) in [7, 11) is -3.61. The number of nitrogens with one attached hydrogen (secondary N) is 2. The predicted molar refractivity (Wildman–Crippen MR) is 131 cm³/mol. The van der Waals surface area contributed by atoms with E-state index < -0.39 is 10.0 Å². The van der Waals surface area contributed by atoms with Crippen molar-refractivity contribution < 1.29 is 17.6 Å². The Morgan fingerprint density at radius 3 is 2.41 bits per heavy atom. The maximum Gasteiger partial charge on any atom is 0.251 e. The number of sulfonamides is 1. The van der Waals surface area contributed by atoms with Crippen LogP contribution in [0.4, 0.5) is 0 Å². The second-order valence-corrected chi connectivity index (χ2v) is 10.5. The summed E-state index contributed by atoms with van der Waals surface area (Å²) in [6.07, 6.45) is 3.97. The van der Waals surface area contributed by atoms with Crippen LogP contribution in [0, 0.1) is 13.8 Å². The highest BCUT2D eigenvalue weighted by Gasteiger charge is 2.26. The number of nitrogens with zero attached hydrogens (tertiary/aromatic N) is 1. The lowest BCUT2D eigenvalue weighted by Crippen LogP contribution is -2.36. The third-order valence-corrected chi connectivity index (χ3v) is 7.78. The Hall–Kier alpha value is -2.94. The van der Waals surface area contributed by atoms with E-state index in [1.807, 2.05) is 26.0 Å². The van der Waals surface area contributed by atoms with Gasteiger partial charge in [0.05, 0.1) is 17.2 Å². The smallest absolute Gasteiger partial charge is 0.251 e. The minimum Gasteiger partial charge on any atom is -0.468 e. The minimum atomic E-state index is -3.61. The van der Waals surface area contributed by atoms with Crippen LogP contribution in [-0.2, 0) is 16.6 Å². The number of hydrogen-bond donors (Lipinski definition) is 2. The summed E-state index contributed by atoms with van der Waals surface area (Å²) in [5, 5.41) is 3.02. The molecule has 34 heavy (non-hydrogen) atoms. The summed E-state index contributed by atoms with van der Waals surface area (Å²) >= 11 is 0. The van der Waals surface area contributed by atoms with E-state index in [4.69, 9.17) is 4.42 Å². The van der Waals surface area contributed by atoms with Crippen LogP contribution in [-0.4, -0.2) is 38.9 Å². The molecule has 2 aromatic carbocycles. The Labute approximate surface area is 201 Å². The topological polar surface area (TPSA) is 91.6 Å². The standard InChI is InChI=1S/C26H31N3O4S/c1-19-7-12-23(16-20(19)2)34(31,32)28-17-21-8-10-22(11-9-21)26(30)27-18-24(25-6-5-15-33-25)29-13-3-4-14-29/h5-12,15-16,24,28H,3-4,13-14,17-18H2,1-2H3,(H,27,30). The Bertz CT molecular complexity index is 1220. The van der Waals surface area contributed by atoms with E-state index in [1.165, 1.54) is 0 Å². The number of aryl methyl sites for hydroxylation is 2. The molecular weight excluding hydrogens is 450 g/mol. The van der Waals surface area contributed by atoms with Crippen LogP contribution >= 0.6 is 0 Å². The van der Waals surface area contributed by atoms with Crippen molar-refractivity contribution in [2.24, 2.45) is 0 Å². The molecule has 0 bridgehead atoms. The van der Waals surface area contributed by atoms with Crippen molar-refractivity contribution in [2.45, 2.75) is 44.2 Å². The Balaban J connectivity index is 1.34. The van der Waals surface area contributed by atoms with Crippen LogP contribution in [0.1, 0.15) is 51.7 Å². The fraction of sp³-hybridized carbons (Fsp3) is 0.346. The van der Waals surface area contributed by atoms with Crippen LogP contribution in [0.15, 0.2) is 70.2 Å². The SMILES string of the molecule is Cc1ccc(S(=O)(=O)NCc2ccc(C(=O)NCC(c3ccco3)N3CCCC3)cc2)cc1C. The molecule has 1 fully saturated rings. The molecule has 1 aliphatic rings. The molecule has 0 spiro atoms. The molecule has 1 aromatic heterocycles. The van der Waals surface area contributed by atoms with Crippen molar-refractivity contribution in [3.63, 3.8) is 0 Å². The van der Waals surface area contributed by atoms with Gasteiger partial charge in [0, 0.05) is 18.7 Å². The summed E-state index contributed by atoms with van der Waals surface area (Å²) in [5.74, 6) is 0.687. The van der Waals surface area contributed by atoms with Gasteiger partial charge in [-0.2, -0.15) is 0 Å². The molecule has 180 valence electrons.